The Hall–Kier alpha value is -0.570. The van der Waals surface area contributed by atoms with Crippen LogP contribution in [0.4, 0.5) is 0 Å². The molecule has 0 bridgehead atoms. The zero-order valence-corrected chi connectivity index (χ0v) is 11.9. The van der Waals surface area contributed by atoms with Gasteiger partial charge < -0.3 is 10.6 Å². The summed E-state index contributed by atoms with van der Waals surface area (Å²) in [6.07, 6.45) is 5.14. The van der Waals surface area contributed by atoms with Gasteiger partial charge in [-0.05, 0) is 31.6 Å². The smallest absolute Gasteiger partial charge is 0.242 e. The van der Waals surface area contributed by atoms with Crippen LogP contribution in [0.2, 0.25) is 0 Å². The van der Waals surface area contributed by atoms with Crippen LogP contribution in [0.25, 0.3) is 0 Å². The van der Waals surface area contributed by atoms with Crippen LogP contribution in [0.5, 0.6) is 0 Å². The van der Waals surface area contributed by atoms with E-state index in [4.69, 9.17) is 5.73 Å². The molecule has 1 fully saturated rings. The van der Waals surface area contributed by atoms with Crippen molar-refractivity contribution in [1.82, 2.24) is 4.90 Å². The Morgan fingerprint density at radius 2 is 1.88 bits per heavy atom. The van der Waals surface area contributed by atoms with Crippen LogP contribution in [0.3, 0.4) is 0 Å². The standard InChI is InChI=1S/C14H28N2O/c1-5-7-14(4,15)12(17)16-10-8-13(3,6-2)9-11-16/h5-11,15H2,1-4H3. The fourth-order valence-electron chi connectivity index (χ4n) is 2.59. The molecular weight excluding hydrogens is 212 g/mol. The van der Waals surface area contributed by atoms with Crippen molar-refractivity contribution in [3.63, 3.8) is 0 Å². The Morgan fingerprint density at radius 3 is 2.29 bits per heavy atom. The van der Waals surface area contributed by atoms with E-state index in [2.05, 4.69) is 20.8 Å². The lowest BCUT2D eigenvalue weighted by Crippen LogP contribution is -2.55. The van der Waals surface area contributed by atoms with Crippen molar-refractivity contribution in [2.45, 2.75) is 65.3 Å². The molecule has 0 radical (unpaired) electrons. The Labute approximate surface area is 106 Å². The first kappa shape index (κ1) is 14.5. The van der Waals surface area contributed by atoms with Crippen LogP contribution in [-0.4, -0.2) is 29.4 Å². The lowest BCUT2D eigenvalue weighted by molar-refractivity contribution is -0.139. The van der Waals surface area contributed by atoms with E-state index >= 15 is 0 Å². The summed E-state index contributed by atoms with van der Waals surface area (Å²) in [6.45, 7) is 10.2. The topological polar surface area (TPSA) is 46.3 Å². The normalized spacial score (nSPS) is 23.2. The highest BCUT2D eigenvalue weighted by Crippen LogP contribution is 2.34. The summed E-state index contributed by atoms with van der Waals surface area (Å²) in [7, 11) is 0. The minimum absolute atomic E-state index is 0.137. The molecule has 1 saturated heterocycles. The maximum Gasteiger partial charge on any atom is 0.242 e. The molecule has 0 aliphatic carbocycles. The van der Waals surface area contributed by atoms with E-state index in [1.54, 1.807) is 0 Å². The molecule has 17 heavy (non-hydrogen) atoms. The second-order valence-corrected chi connectivity index (χ2v) is 6.12. The van der Waals surface area contributed by atoms with E-state index in [1.807, 2.05) is 11.8 Å². The predicted octanol–water partition coefficient (Wildman–Crippen LogP) is 2.54. The van der Waals surface area contributed by atoms with E-state index in [9.17, 15) is 4.79 Å². The van der Waals surface area contributed by atoms with Gasteiger partial charge in [0.1, 0.15) is 0 Å². The summed E-state index contributed by atoms with van der Waals surface area (Å²) < 4.78 is 0. The minimum atomic E-state index is -0.672. The van der Waals surface area contributed by atoms with Gasteiger partial charge in [0.2, 0.25) is 5.91 Å². The second kappa shape index (κ2) is 5.38. The Kier molecular flexibility index (Phi) is 4.59. The van der Waals surface area contributed by atoms with Gasteiger partial charge in [-0.15, -0.1) is 0 Å². The van der Waals surface area contributed by atoms with Gasteiger partial charge in [-0.2, -0.15) is 0 Å². The molecule has 100 valence electrons. The van der Waals surface area contributed by atoms with Gasteiger partial charge in [0, 0.05) is 13.1 Å². The van der Waals surface area contributed by atoms with E-state index in [-0.39, 0.29) is 5.91 Å². The number of hydrogen-bond acceptors (Lipinski definition) is 2. The third-order valence-corrected chi connectivity index (χ3v) is 4.37. The number of rotatable bonds is 4. The molecule has 0 aromatic carbocycles. The highest BCUT2D eigenvalue weighted by molar-refractivity contribution is 5.85. The molecule has 0 aromatic heterocycles. The van der Waals surface area contributed by atoms with Crippen LogP contribution < -0.4 is 5.73 Å². The van der Waals surface area contributed by atoms with Crippen molar-refractivity contribution < 1.29 is 4.79 Å². The summed E-state index contributed by atoms with van der Waals surface area (Å²) in [6, 6.07) is 0. The van der Waals surface area contributed by atoms with Gasteiger partial charge in [-0.3, -0.25) is 4.79 Å². The van der Waals surface area contributed by atoms with E-state index in [0.717, 1.165) is 38.8 Å². The molecule has 1 rings (SSSR count). The Morgan fingerprint density at radius 1 is 1.35 bits per heavy atom. The Bertz CT molecular complexity index is 265. The van der Waals surface area contributed by atoms with Gasteiger partial charge in [-0.1, -0.05) is 33.6 Å². The SMILES string of the molecule is CCCC(C)(N)C(=O)N1CCC(C)(CC)CC1. The number of hydrogen-bond donors (Lipinski definition) is 1. The first-order chi connectivity index (χ1) is 7.84. The zero-order valence-electron chi connectivity index (χ0n) is 11.9. The molecule has 0 aromatic rings. The molecule has 3 nitrogen and oxygen atoms in total. The van der Waals surface area contributed by atoms with Crippen LogP contribution in [-0.2, 0) is 4.79 Å². The summed E-state index contributed by atoms with van der Waals surface area (Å²) in [5.74, 6) is 0.137. The van der Waals surface area contributed by atoms with Crippen LogP contribution >= 0.6 is 0 Å². The minimum Gasteiger partial charge on any atom is -0.341 e. The summed E-state index contributed by atoms with van der Waals surface area (Å²) >= 11 is 0. The number of carbonyl (C=O) groups excluding carboxylic acids is 1. The van der Waals surface area contributed by atoms with Crippen molar-refractivity contribution in [3.05, 3.63) is 0 Å². The van der Waals surface area contributed by atoms with Crippen LogP contribution in [0.15, 0.2) is 0 Å². The Balaban J connectivity index is 2.57. The van der Waals surface area contributed by atoms with Gasteiger partial charge in [0.25, 0.3) is 0 Å². The first-order valence-electron chi connectivity index (χ1n) is 6.93. The number of likely N-dealkylation sites (tertiary alicyclic amines) is 1. The van der Waals surface area contributed by atoms with Crippen molar-refractivity contribution >= 4 is 5.91 Å². The van der Waals surface area contributed by atoms with Gasteiger partial charge in [-0.25, -0.2) is 0 Å². The summed E-state index contributed by atoms with van der Waals surface area (Å²) in [5, 5.41) is 0. The van der Waals surface area contributed by atoms with Crippen molar-refractivity contribution in [2.24, 2.45) is 11.1 Å². The molecule has 3 heteroatoms. The third kappa shape index (κ3) is 3.44. The fourth-order valence-corrected chi connectivity index (χ4v) is 2.59. The monoisotopic (exact) mass is 240 g/mol. The molecule has 0 spiro atoms. The molecular formula is C14H28N2O. The molecule has 1 unspecified atom stereocenters. The highest BCUT2D eigenvalue weighted by atomic mass is 16.2. The van der Waals surface area contributed by atoms with Gasteiger partial charge >= 0.3 is 0 Å². The van der Waals surface area contributed by atoms with Crippen molar-refractivity contribution in [2.75, 3.05) is 13.1 Å². The quantitative estimate of drug-likeness (QED) is 0.821. The predicted molar refractivity (Wildman–Crippen MR) is 71.7 cm³/mol. The average molecular weight is 240 g/mol. The summed E-state index contributed by atoms with van der Waals surface area (Å²) in [5.41, 5.74) is 5.86. The molecule has 1 heterocycles. The molecule has 0 saturated carbocycles. The van der Waals surface area contributed by atoms with Crippen LogP contribution in [0, 0.1) is 5.41 Å². The summed E-state index contributed by atoms with van der Waals surface area (Å²) in [4.78, 5) is 14.3. The van der Waals surface area contributed by atoms with Gasteiger partial charge in [0.05, 0.1) is 5.54 Å². The van der Waals surface area contributed by atoms with Crippen molar-refractivity contribution in [1.29, 1.82) is 0 Å². The molecule has 1 atom stereocenters. The number of carbonyl (C=O) groups is 1. The number of nitrogens with zero attached hydrogens (tertiary/aromatic N) is 1. The molecule has 1 aliphatic rings. The lowest BCUT2D eigenvalue weighted by atomic mass is 9.78. The maximum atomic E-state index is 12.3. The van der Waals surface area contributed by atoms with Crippen molar-refractivity contribution in [3.8, 4) is 0 Å². The first-order valence-corrected chi connectivity index (χ1v) is 6.93. The van der Waals surface area contributed by atoms with E-state index in [0.29, 0.717) is 5.41 Å². The van der Waals surface area contributed by atoms with E-state index < -0.39 is 5.54 Å². The highest BCUT2D eigenvalue weighted by Gasteiger charge is 2.36. The molecule has 2 N–H and O–H groups in total. The van der Waals surface area contributed by atoms with Crippen LogP contribution in [0.1, 0.15) is 59.8 Å². The number of nitrogens with two attached hydrogens (primary N) is 1. The third-order valence-electron chi connectivity index (χ3n) is 4.37. The molecule has 1 aliphatic heterocycles. The fraction of sp³-hybridized carbons (Fsp3) is 0.929. The molecule has 1 amide bonds. The average Bonchev–Trinajstić information content (AvgIpc) is 2.29. The number of piperidine rings is 1. The van der Waals surface area contributed by atoms with Gasteiger partial charge in [0.15, 0.2) is 0 Å². The second-order valence-electron chi connectivity index (χ2n) is 6.12. The number of amides is 1. The maximum absolute atomic E-state index is 12.3. The lowest BCUT2D eigenvalue weighted by Gasteiger charge is -2.41. The zero-order chi connectivity index (χ0) is 13.1. The van der Waals surface area contributed by atoms with E-state index in [1.165, 1.54) is 6.42 Å². The largest absolute Gasteiger partial charge is 0.341 e.